The Hall–Kier alpha value is -5.03. The molecule has 3 amide bonds. The van der Waals surface area contributed by atoms with E-state index in [0.29, 0.717) is 25.1 Å². The summed E-state index contributed by atoms with van der Waals surface area (Å²) in [7, 11) is 1.16. The second-order valence-corrected chi connectivity index (χ2v) is 12.4. The molecule has 4 unspecified atom stereocenters. The minimum atomic E-state index is -1.59. The predicted molar refractivity (Wildman–Crippen MR) is 183 cm³/mol. The number of esters is 1. The summed E-state index contributed by atoms with van der Waals surface area (Å²) in [5.41, 5.74) is 2.58. The molecule has 48 heavy (non-hydrogen) atoms. The van der Waals surface area contributed by atoms with E-state index in [1.54, 1.807) is 6.20 Å². The third kappa shape index (κ3) is 10.5. The van der Waals surface area contributed by atoms with Crippen molar-refractivity contribution >= 4 is 34.5 Å². The van der Waals surface area contributed by atoms with Crippen molar-refractivity contribution in [2.45, 2.75) is 64.1 Å². The van der Waals surface area contributed by atoms with Gasteiger partial charge in [0.1, 0.15) is 6.04 Å². The highest BCUT2D eigenvalue weighted by atomic mass is 16.5. The van der Waals surface area contributed by atoms with Gasteiger partial charge >= 0.3 is 5.97 Å². The number of aliphatic hydroxyl groups is 1. The van der Waals surface area contributed by atoms with Gasteiger partial charge in [0, 0.05) is 31.3 Å². The van der Waals surface area contributed by atoms with Crippen molar-refractivity contribution in [3.63, 3.8) is 0 Å². The molecule has 0 aliphatic rings. The predicted octanol–water partition coefficient (Wildman–Crippen LogP) is 3.26. The van der Waals surface area contributed by atoms with E-state index in [1.165, 1.54) is 6.33 Å². The molecular weight excluding hydrogens is 610 g/mol. The van der Waals surface area contributed by atoms with Crippen molar-refractivity contribution in [1.29, 1.82) is 0 Å². The summed E-state index contributed by atoms with van der Waals surface area (Å²) in [5.74, 6) is -3.00. The molecule has 3 aromatic carbocycles. The molecule has 0 bridgehead atoms. The van der Waals surface area contributed by atoms with Crippen LogP contribution in [0.25, 0.3) is 10.8 Å². The number of carbonyl (C=O) groups is 4. The Balaban J connectivity index is 1.56. The molecule has 1 heterocycles. The molecule has 0 saturated heterocycles. The van der Waals surface area contributed by atoms with Gasteiger partial charge in [-0.25, -0.2) is 9.78 Å². The number of hydrogen-bond acceptors (Lipinski definition) is 7. The van der Waals surface area contributed by atoms with Crippen LogP contribution < -0.4 is 16.0 Å². The Morgan fingerprint density at radius 1 is 0.896 bits per heavy atom. The average Bonchev–Trinajstić information content (AvgIpc) is 3.60. The SMILES string of the molecule is COC(=O)C(O)C(CC(C)C)NC(=O)C(Cc1cnc[nH]1)NC(=O)C(CC(=O)NCCc1ccccc1)Cc1cccc2ccccc12. The van der Waals surface area contributed by atoms with E-state index < -0.39 is 41.9 Å². The second kappa shape index (κ2) is 17.8. The number of fused-ring (bicyclic) bond motifs is 1. The van der Waals surface area contributed by atoms with Crippen molar-refractivity contribution in [3.8, 4) is 0 Å². The Bertz CT molecular complexity index is 1640. The first-order chi connectivity index (χ1) is 23.1. The smallest absolute Gasteiger partial charge is 0.336 e. The van der Waals surface area contributed by atoms with Crippen LogP contribution in [0, 0.1) is 11.8 Å². The van der Waals surface area contributed by atoms with Gasteiger partial charge in [-0.15, -0.1) is 0 Å². The molecule has 0 fully saturated rings. The van der Waals surface area contributed by atoms with Crippen molar-refractivity contribution < 1.29 is 29.0 Å². The monoisotopic (exact) mass is 655 g/mol. The first kappa shape index (κ1) is 35.8. The molecule has 4 atom stereocenters. The third-order valence-electron chi connectivity index (χ3n) is 8.22. The van der Waals surface area contributed by atoms with Crippen LogP contribution in [-0.2, 0) is 43.2 Å². The minimum absolute atomic E-state index is 0.0285. The summed E-state index contributed by atoms with van der Waals surface area (Å²) in [6.07, 6.45) is 2.59. The van der Waals surface area contributed by atoms with E-state index in [9.17, 15) is 24.3 Å². The van der Waals surface area contributed by atoms with Gasteiger partial charge in [0.25, 0.3) is 0 Å². The van der Waals surface area contributed by atoms with Gasteiger partial charge in [-0.1, -0.05) is 86.6 Å². The van der Waals surface area contributed by atoms with Crippen molar-refractivity contribution in [2.75, 3.05) is 13.7 Å². The fourth-order valence-corrected chi connectivity index (χ4v) is 5.74. The second-order valence-electron chi connectivity index (χ2n) is 12.4. The summed E-state index contributed by atoms with van der Waals surface area (Å²) < 4.78 is 4.71. The number of carbonyl (C=O) groups excluding carboxylic acids is 4. The largest absolute Gasteiger partial charge is 0.467 e. The number of methoxy groups -OCH3 is 1. The van der Waals surface area contributed by atoms with Crippen LogP contribution in [0.4, 0.5) is 0 Å². The Morgan fingerprint density at radius 2 is 1.62 bits per heavy atom. The quantitative estimate of drug-likeness (QED) is 0.109. The number of rotatable bonds is 17. The van der Waals surface area contributed by atoms with Crippen LogP contribution >= 0.6 is 0 Å². The minimum Gasteiger partial charge on any atom is -0.467 e. The zero-order valence-corrected chi connectivity index (χ0v) is 27.6. The van der Waals surface area contributed by atoms with Crippen molar-refractivity contribution in [1.82, 2.24) is 25.9 Å². The number of amides is 3. The summed E-state index contributed by atoms with van der Waals surface area (Å²) in [6, 6.07) is 21.4. The molecule has 0 aliphatic carbocycles. The summed E-state index contributed by atoms with van der Waals surface area (Å²) in [6.45, 7) is 4.21. The lowest BCUT2D eigenvalue weighted by molar-refractivity contribution is -0.152. The summed E-state index contributed by atoms with van der Waals surface area (Å²) in [4.78, 5) is 60.3. The molecule has 11 nitrogen and oxygen atoms in total. The van der Waals surface area contributed by atoms with Gasteiger partial charge in [-0.2, -0.15) is 0 Å². The van der Waals surface area contributed by atoms with Crippen LogP contribution in [-0.4, -0.2) is 70.6 Å². The maximum absolute atomic E-state index is 14.1. The number of hydrogen-bond donors (Lipinski definition) is 5. The van der Waals surface area contributed by atoms with E-state index in [4.69, 9.17) is 4.74 Å². The number of nitrogens with one attached hydrogen (secondary N) is 4. The van der Waals surface area contributed by atoms with E-state index >= 15 is 0 Å². The van der Waals surface area contributed by atoms with Gasteiger partial charge in [0.2, 0.25) is 17.7 Å². The lowest BCUT2D eigenvalue weighted by atomic mass is 9.91. The van der Waals surface area contributed by atoms with Crippen LogP contribution in [0.2, 0.25) is 0 Å². The molecule has 0 spiro atoms. The fraction of sp³-hybridized carbons (Fsp3) is 0.378. The molecule has 4 aromatic rings. The van der Waals surface area contributed by atoms with Gasteiger partial charge in [0.05, 0.1) is 25.4 Å². The van der Waals surface area contributed by atoms with E-state index in [0.717, 1.165) is 29.0 Å². The number of ether oxygens (including phenoxy) is 1. The lowest BCUT2D eigenvalue weighted by Gasteiger charge is -2.27. The zero-order valence-electron chi connectivity index (χ0n) is 27.6. The Morgan fingerprint density at radius 3 is 2.33 bits per heavy atom. The van der Waals surface area contributed by atoms with Crippen LogP contribution in [0.3, 0.4) is 0 Å². The number of H-pyrrole nitrogens is 1. The molecule has 11 heteroatoms. The number of nitrogens with zero attached hydrogens (tertiary/aromatic N) is 1. The van der Waals surface area contributed by atoms with Crippen LogP contribution in [0.15, 0.2) is 85.3 Å². The first-order valence-corrected chi connectivity index (χ1v) is 16.3. The van der Waals surface area contributed by atoms with Gasteiger partial charge in [-0.3, -0.25) is 14.4 Å². The maximum atomic E-state index is 14.1. The molecule has 254 valence electrons. The topological polar surface area (TPSA) is 163 Å². The maximum Gasteiger partial charge on any atom is 0.336 e. The van der Waals surface area contributed by atoms with E-state index in [-0.39, 0.29) is 31.1 Å². The standard InChI is InChI=1S/C37H45N5O6/c1-24(2)18-31(34(44)37(47)48-3)41-36(46)32(21-29-22-38-23-40-29)42-35(45)28(19-27-14-9-13-26-12-7-8-15-30(26)27)20-33(43)39-17-16-25-10-5-4-6-11-25/h4-15,22-24,28,31-32,34,44H,16-21H2,1-3H3,(H,38,40)(H,39,43)(H,41,46)(H,42,45). The summed E-state index contributed by atoms with van der Waals surface area (Å²) in [5, 5.41) is 21.2. The average molecular weight is 656 g/mol. The highest BCUT2D eigenvalue weighted by Gasteiger charge is 2.33. The van der Waals surface area contributed by atoms with Gasteiger partial charge < -0.3 is 30.8 Å². The molecule has 0 saturated carbocycles. The van der Waals surface area contributed by atoms with Crippen LogP contribution in [0.1, 0.15) is 43.5 Å². The van der Waals surface area contributed by atoms with Gasteiger partial charge in [-0.05, 0) is 47.1 Å². The molecule has 4 rings (SSSR count). The zero-order chi connectivity index (χ0) is 34.5. The number of imidazole rings is 1. The summed E-state index contributed by atoms with van der Waals surface area (Å²) >= 11 is 0. The van der Waals surface area contributed by atoms with Crippen molar-refractivity contribution in [2.24, 2.45) is 11.8 Å². The third-order valence-corrected chi connectivity index (χ3v) is 8.22. The van der Waals surface area contributed by atoms with Gasteiger partial charge in [0.15, 0.2) is 6.10 Å². The van der Waals surface area contributed by atoms with Crippen LogP contribution in [0.5, 0.6) is 0 Å². The Labute approximate surface area is 280 Å². The first-order valence-electron chi connectivity index (χ1n) is 16.3. The molecule has 0 aliphatic heterocycles. The highest BCUT2D eigenvalue weighted by molar-refractivity contribution is 5.92. The van der Waals surface area contributed by atoms with E-state index in [1.807, 2.05) is 86.6 Å². The Kier molecular flexibility index (Phi) is 13.3. The molecule has 5 N–H and O–H groups in total. The molecule has 0 radical (unpaired) electrons. The number of benzene rings is 3. The number of aromatic amines is 1. The molecule has 1 aromatic heterocycles. The number of aromatic nitrogens is 2. The lowest BCUT2D eigenvalue weighted by Crippen LogP contribution is -2.56. The molecular formula is C37H45N5O6. The number of aliphatic hydroxyl groups excluding tert-OH is 1. The fourth-order valence-electron chi connectivity index (χ4n) is 5.74. The van der Waals surface area contributed by atoms with E-state index in [2.05, 4.69) is 25.9 Å². The highest BCUT2D eigenvalue weighted by Crippen LogP contribution is 2.23. The van der Waals surface area contributed by atoms with Crippen molar-refractivity contribution in [3.05, 3.63) is 102 Å². The normalized spacial score (nSPS) is 13.7.